The molecule has 10 nitrogen and oxygen atoms in total. The maximum atomic E-state index is 11.5. The molecule has 0 spiro atoms. The van der Waals surface area contributed by atoms with Crippen LogP contribution in [0.15, 0.2) is 36.4 Å². The number of phenols is 1. The summed E-state index contributed by atoms with van der Waals surface area (Å²) in [5.41, 5.74) is 3.65. The molecule has 0 aromatic heterocycles. The third-order valence-electron chi connectivity index (χ3n) is 5.50. The number of benzene rings is 2. The quantitative estimate of drug-likeness (QED) is 0.292. The number of aliphatic hydroxyl groups is 3. The van der Waals surface area contributed by atoms with Crippen LogP contribution in [0, 0.1) is 6.92 Å². The predicted molar refractivity (Wildman–Crippen MR) is 121 cm³/mol. The van der Waals surface area contributed by atoms with E-state index in [1.165, 1.54) is 0 Å². The number of aliphatic hydroxyl groups excluding tert-OH is 3. The fraction of sp³-hybridized carbons (Fsp3) is 0.417. The van der Waals surface area contributed by atoms with E-state index in [1.54, 1.807) is 23.1 Å². The minimum absolute atomic E-state index is 0.0382. The average molecular weight is 477 g/mol. The molecule has 0 aliphatic carbocycles. The number of hydrogen-bond acceptors (Lipinski definition) is 9. The van der Waals surface area contributed by atoms with E-state index in [-0.39, 0.29) is 38.3 Å². The van der Waals surface area contributed by atoms with Crippen LogP contribution in [0.4, 0.5) is 0 Å². The molecule has 0 aliphatic heterocycles. The van der Waals surface area contributed by atoms with Crippen molar-refractivity contribution in [3.8, 4) is 5.75 Å². The van der Waals surface area contributed by atoms with Gasteiger partial charge in [0.15, 0.2) is 0 Å². The minimum Gasteiger partial charge on any atom is -0.507 e. The number of carboxylic acids is 1. The molecule has 0 fully saturated rings. The van der Waals surface area contributed by atoms with Crippen LogP contribution in [0.2, 0.25) is 0 Å². The molecule has 0 aliphatic rings. The van der Waals surface area contributed by atoms with E-state index >= 15 is 0 Å². The van der Waals surface area contributed by atoms with Crippen molar-refractivity contribution >= 4 is 12.1 Å². The predicted octanol–water partition coefficient (Wildman–Crippen LogP) is 0.481. The van der Waals surface area contributed by atoms with Gasteiger partial charge in [-0.1, -0.05) is 36.4 Å². The first-order chi connectivity index (χ1) is 16.2. The molecule has 0 heterocycles. The van der Waals surface area contributed by atoms with E-state index < -0.39 is 12.0 Å². The summed E-state index contributed by atoms with van der Waals surface area (Å²) in [5.74, 6) is -0.957. The Hall–Kier alpha value is -3.11. The van der Waals surface area contributed by atoms with E-state index in [9.17, 15) is 30.3 Å². The molecule has 2 aromatic rings. The SMILES string of the molecule is Cc1c(CO)cccc1CN(CC(=O)O)C(CO)CN(C)Cc1cccc(CO)c1O.O=C=O. The first-order valence-electron chi connectivity index (χ1n) is 10.6. The molecule has 5 N–H and O–H groups in total. The molecule has 0 saturated carbocycles. The Morgan fingerprint density at radius 1 is 0.941 bits per heavy atom. The molecule has 0 saturated heterocycles. The summed E-state index contributed by atoms with van der Waals surface area (Å²) >= 11 is 0. The number of carbonyl (C=O) groups is 1. The number of likely N-dealkylation sites (N-methyl/N-ethyl adjacent to an activating group) is 1. The lowest BCUT2D eigenvalue weighted by atomic mass is 10.0. The highest BCUT2D eigenvalue weighted by Gasteiger charge is 2.23. The highest BCUT2D eigenvalue weighted by atomic mass is 16.4. The third kappa shape index (κ3) is 8.68. The van der Waals surface area contributed by atoms with Gasteiger partial charge in [0.1, 0.15) is 5.75 Å². The van der Waals surface area contributed by atoms with Gasteiger partial charge in [-0.2, -0.15) is 9.59 Å². The Labute approximate surface area is 198 Å². The van der Waals surface area contributed by atoms with Gasteiger partial charge < -0.3 is 30.4 Å². The number of rotatable bonds is 12. The van der Waals surface area contributed by atoms with Crippen molar-refractivity contribution in [2.75, 3.05) is 26.7 Å². The summed E-state index contributed by atoms with van der Waals surface area (Å²) in [5, 5.41) is 48.6. The molecule has 1 atom stereocenters. The van der Waals surface area contributed by atoms with Gasteiger partial charge in [-0.3, -0.25) is 9.69 Å². The van der Waals surface area contributed by atoms with Crippen LogP contribution >= 0.6 is 0 Å². The van der Waals surface area contributed by atoms with Crippen molar-refractivity contribution in [3.63, 3.8) is 0 Å². The molecule has 2 aromatic carbocycles. The lowest BCUT2D eigenvalue weighted by Crippen LogP contribution is -2.47. The van der Waals surface area contributed by atoms with Gasteiger partial charge in [0.2, 0.25) is 0 Å². The second-order valence-electron chi connectivity index (χ2n) is 7.86. The molecule has 0 amide bonds. The van der Waals surface area contributed by atoms with Crippen molar-refractivity contribution in [1.29, 1.82) is 0 Å². The zero-order valence-corrected chi connectivity index (χ0v) is 19.3. The van der Waals surface area contributed by atoms with Crippen molar-refractivity contribution in [2.45, 2.75) is 39.3 Å². The maximum absolute atomic E-state index is 11.5. The highest BCUT2D eigenvalue weighted by molar-refractivity contribution is 5.69. The van der Waals surface area contributed by atoms with Crippen LogP contribution in [0.5, 0.6) is 5.75 Å². The highest BCUT2D eigenvalue weighted by Crippen LogP contribution is 2.24. The maximum Gasteiger partial charge on any atom is 0.373 e. The normalized spacial score (nSPS) is 11.6. The van der Waals surface area contributed by atoms with Crippen molar-refractivity contribution in [2.24, 2.45) is 0 Å². The second kappa shape index (κ2) is 14.9. The smallest absolute Gasteiger partial charge is 0.373 e. The van der Waals surface area contributed by atoms with Gasteiger partial charge in [0.05, 0.1) is 26.4 Å². The van der Waals surface area contributed by atoms with Crippen molar-refractivity contribution < 1.29 is 39.9 Å². The summed E-state index contributed by atoms with van der Waals surface area (Å²) in [6.45, 7) is 2.10. The Kier molecular flexibility index (Phi) is 12.7. The number of nitrogens with zero attached hydrogens (tertiary/aromatic N) is 2. The Morgan fingerprint density at radius 3 is 2.00 bits per heavy atom. The standard InChI is InChI=1S/C23H32N2O6.CO2/c1-16-17(5-3-7-19(16)13-26)10-25(12-22(29)30)21(15-28)11-24(2)9-18-6-4-8-20(14-27)23(18)31;2-1-3/h3-8,21,26-28,31H,9-15H2,1-2H3,(H,29,30);. The minimum atomic E-state index is -0.995. The first kappa shape index (κ1) is 28.9. The summed E-state index contributed by atoms with van der Waals surface area (Å²) in [4.78, 5) is 31.3. The third-order valence-corrected chi connectivity index (χ3v) is 5.50. The summed E-state index contributed by atoms with van der Waals surface area (Å²) in [6, 6.07) is 10.2. The monoisotopic (exact) mass is 476 g/mol. The van der Waals surface area contributed by atoms with Gasteiger partial charge in [-0.05, 0) is 30.7 Å². The second-order valence-corrected chi connectivity index (χ2v) is 7.86. The molecular weight excluding hydrogens is 444 g/mol. The van der Waals surface area contributed by atoms with E-state index in [0.29, 0.717) is 30.8 Å². The zero-order valence-electron chi connectivity index (χ0n) is 19.3. The number of carboxylic acid groups (broad SMARTS) is 1. The van der Waals surface area contributed by atoms with Crippen molar-refractivity contribution in [1.82, 2.24) is 9.80 Å². The van der Waals surface area contributed by atoms with Crippen LogP contribution in [0.25, 0.3) is 0 Å². The van der Waals surface area contributed by atoms with Crippen LogP contribution in [-0.4, -0.2) is 80.2 Å². The van der Waals surface area contributed by atoms with E-state index in [2.05, 4.69) is 0 Å². The van der Waals surface area contributed by atoms with Gasteiger partial charge in [0.25, 0.3) is 0 Å². The molecule has 2 rings (SSSR count). The lowest BCUT2D eigenvalue weighted by Gasteiger charge is -2.33. The Balaban J connectivity index is 0.00000182. The number of carbonyl (C=O) groups excluding carboxylic acids is 2. The van der Waals surface area contributed by atoms with Gasteiger partial charge in [-0.15, -0.1) is 0 Å². The van der Waals surface area contributed by atoms with E-state index in [4.69, 9.17) is 9.59 Å². The lowest BCUT2D eigenvalue weighted by molar-refractivity contribution is -0.191. The summed E-state index contributed by atoms with van der Waals surface area (Å²) in [6.07, 6.45) is 0.250. The van der Waals surface area contributed by atoms with E-state index in [1.807, 2.05) is 37.1 Å². The molecule has 186 valence electrons. The van der Waals surface area contributed by atoms with Crippen LogP contribution < -0.4 is 0 Å². The van der Waals surface area contributed by atoms with Gasteiger partial charge in [0, 0.05) is 36.8 Å². The molecule has 1 unspecified atom stereocenters. The topological polar surface area (TPSA) is 159 Å². The molecule has 0 bridgehead atoms. The molecule has 0 radical (unpaired) electrons. The largest absolute Gasteiger partial charge is 0.507 e. The summed E-state index contributed by atoms with van der Waals surface area (Å²) < 4.78 is 0. The Morgan fingerprint density at radius 2 is 1.47 bits per heavy atom. The van der Waals surface area contributed by atoms with Crippen LogP contribution in [0.1, 0.15) is 27.8 Å². The summed E-state index contributed by atoms with van der Waals surface area (Å²) in [7, 11) is 1.82. The van der Waals surface area contributed by atoms with Gasteiger partial charge in [-0.25, -0.2) is 0 Å². The first-order valence-corrected chi connectivity index (χ1v) is 10.6. The van der Waals surface area contributed by atoms with Crippen LogP contribution in [0.3, 0.4) is 0 Å². The fourth-order valence-electron chi connectivity index (χ4n) is 3.69. The number of hydrogen-bond donors (Lipinski definition) is 5. The molecule has 34 heavy (non-hydrogen) atoms. The zero-order chi connectivity index (χ0) is 25.7. The van der Waals surface area contributed by atoms with Crippen molar-refractivity contribution in [3.05, 3.63) is 64.2 Å². The van der Waals surface area contributed by atoms with Crippen LogP contribution in [-0.2, 0) is 40.7 Å². The van der Waals surface area contributed by atoms with E-state index in [0.717, 1.165) is 16.7 Å². The fourth-order valence-corrected chi connectivity index (χ4v) is 3.69. The van der Waals surface area contributed by atoms with Gasteiger partial charge >= 0.3 is 12.1 Å². The molecule has 10 heteroatoms. The number of para-hydroxylation sites is 1. The molecular formula is C24H32N2O8. The average Bonchev–Trinajstić information content (AvgIpc) is 2.80. The Bertz CT molecular complexity index is 960. The number of aromatic hydroxyl groups is 1. The number of aliphatic carboxylic acids is 1.